The molecule has 1 aliphatic rings. The second-order valence-electron chi connectivity index (χ2n) is 4.32. The molecule has 5 heteroatoms. The minimum atomic E-state index is -0.243. The Kier molecular flexibility index (Phi) is 2.91. The predicted octanol–water partition coefficient (Wildman–Crippen LogP) is 2.64. The van der Waals surface area contributed by atoms with E-state index in [2.05, 4.69) is 9.98 Å². The quantitative estimate of drug-likeness (QED) is 0.835. The summed E-state index contributed by atoms with van der Waals surface area (Å²) in [4.78, 5) is 20.0. The molecular formula is C13H11FN2OS. The average Bonchev–Trinajstić information content (AvgIpc) is 2.76. The van der Waals surface area contributed by atoms with Gasteiger partial charge < -0.3 is 0 Å². The maximum absolute atomic E-state index is 13.5. The topological polar surface area (TPSA) is 42.3 Å². The van der Waals surface area contributed by atoms with Crippen LogP contribution in [0.15, 0.2) is 23.2 Å². The molecule has 1 aromatic carbocycles. The smallest absolute Gasteiger partial charge is 0.158 e. The van der Waals surface area contributed by atoms with Crippen LogP contribution >= 0.6 is 11.3 Å². The van der Waals surface area contributed by atoms with Crippen LogP contribution in [0.25, 0.3) is 10.2 Å². The van der Waals surface area contributed by atoms with Crippen molar-refractivity contribution in [2.45, 2.75) is 12.8 Å². The van der Waals surface area contributed by atoms with Gasteiger partial charge in [-0.1, -0.05) is 6.07 Å². The van der Waals surface area contributed by atoms with Crippen LogP contribution in [-0.4, -0.2) is 23.5 Å². The molecule has 0 radical (unpaired) electrons. The van der Waals surface area contributed by atoms with Crippen LogP contribution in [0.3, 0.4) is 0 Å². The van der Waals surface area contributed by atoms with Crippen LogP contribution in [0.5, 0.6) is 0 Å². The lowest BCUT2D eigenvalue weighted by atomic mass is 9.95. The van der Waals surface area contributed by atoms with Crippen molar-refractivity contribution in [1.82, 2.24) is 4.98 Å². The molecule has 0 saturated heterocycles. The molecule has 92 valence electrons. The van der Waals surface area contributed by atoms with Crippen LogP contribution in [0.1, 0.15) is 11.4 Å². The van der Waals surface area contributed by atoms with Crippen molar-refractivity contribution in [2.24, 2.45) is 10.9 Å². The van der Waals surface area contributed by atoms with Gasteiger partial charge in [0.1, 0.15) is 5.82 Å². The number of carbonyl (C=O) groups excluding carboxylic acids is 1. The Morgan fingerprint density at radius 1 is 1.44 bits per heavy atom. The fourth-order valence-electron chi connectivity index (χ4n) is 2.07. The number of hydrogen-bond donors (Lipinski definition) is 0. The first-order valence-electron chi connectivity index (χ1n) is 5.79. The number of Topliss-reactive ketones (excluding diaryl/α,β-unsaturated/α-hetero) is 1. The van der Waals surface area contributed by atoms with Crippen molar-refractivity contribution in [3.05, 3.63) is 29.0 Å². The molecular weight excluding hydrogens is 251 g/mol. The molecule has 0 aliphatic carbocycles. The Balaban J connectivity index is 1.89. The molecule has 1 unspecified atom stereocenters. The van der Waals surface area contributed by atoms with Crippen molar-refractivity contribution in [1.29, 1.82) is 0 Å². The maximum atomic E-state index is 13.5. The van der Waals surface area contributed by atoms with Gasteiger partial charge in [-0.05, 0) is 24.8 Å². The Hall–Kier alpha value is -1.62. The monoisotopic (exact) mass is 262 g/mol. The summed E-state index contributed by atoms with van der Waals surface area (Å²) in [6.45, 7) is 0.268. The Labute approximate surface area is 107 Å². The van der Waals surface area contributed by atoms with Crippen molar-refractivity contribution >= 4 is 33.6 Å². The Bertz CT molecular complexity index is 635. The normalized spacial score (nSPS) is 19.6. The lowest BCUT2D eigenvalue weighted by molar-refractivity contribution is -0.121. The molecule has 18 heavy (non-hydrogen) atoms. The molecule has 3 rings (SSSR count). The van der Waals surface area contributed by atoms with Gasteiger partial charge in [0.15, 0.2) is 5.78 Å². The number of aliphatic imine (C=N–C) groups is 1. The molecule has 0 spiro atoms. The summed E-state index contributed by atoms with van der Waals surface area (Å²) >= 11 is 1.34. The highest BCUT2D eigenvalue weighted by atomic mass is 32.1. The number of aromatic nitrogens is 1. The number of ketones is 1. The fraction of sp³-hybridized carbons (Fsp3) is 0.308. The SMILES string of the molecule is O=C1CN=CCC1Cc1nc2cccc(F)c2s1. The number of benzene rings is 1. The zero-order valence-electron chi connectivity index (χ0n) is 9.60. The van der Waals surface area contributed by atoms with E-state index in [9.17, 15) is 9.18 Å². The molecule has 2 aromatic rings. The summed E-state index contributed by atoms with van der Waals surface area (Å²) in [6, 6.07) is 4.88. The lowest BCUT2D eigenvalue weighted by Gasteiger charge is -2.13. The van der Waals surface area contributed by atoms with Crippen molar-refractivity contribution < 1.29 is 9.18 Å². The zero-order chi connectivity index (χ0) is 12.5. The van der Waals surface area contributed by atoms with E-state index in [0.717, 1.165) is 5.01 Å². The van der Waals surface area contributed by atoms with E-state index < -0.39 is 0 Å². The van der Waals surface area contributed by atoms with E-state index >= 15 is 0 Å². The van der Waals surface area contributed by atoms with Gasteiger partial charge in [-0.3, -0.25) is 9.79 Å². The van der Waals surface area contributed by atoms with E-state index in [1.54, 1.807) is 18.3 Å². The molecule has 1 aliphatic heterocycles. The maximum Gasteiger partial charge on any atom is 0.158 e. The van der Waals surface area contributed by atoms with Gasteiger partial charge in [0.05, 0.1) is 21.8 Å². The number of rotatable bonds is 2. The lowest BCUT2D eigenvalue weighted by Crippen LogP contribution is -2.23. The Morgan fingerprint density at radius 3 is 3.11 bits per heavy atom. The summed E-state index contributed by atoms with van der Waals surface area (Å²) in [5, 5.41) is 0.823. The van der Waals surface area contributed by atoms with Gasteiger partial charge in [0.2, 0.25) is 0 Å². The average molecular weight is 262 g/mol. The summed E-state index contributed by atoms with van der Waals surface area (Å²) in [5.41, 5.74) is 0.673. The van der Waals surface area contributed by atoms with E-state index in [4.69, 9.17) is 0 Å². The third kappa shape index (κ3) is 2.06. The molecule has 0 saturated carbocycles. The molecule has 2 heterocycles. The summed E-state index contributed by atoms with van der Waals surface area (Å²) in [7, 11) is 0. The molecule has 0 amide bonds. The minimum Gasteiger partial charge on any atom is -0.297 e. The number of thiazole rings is 1. The number of carbonyl (C=O) groups is 1. The summed E-state index contributed by atoms with van der Waals surface area (Å²) < 4.78 is 14.1. The van der Waals surface area contributed by atoms with Gasteiger partial charge >= 0.3 is 0 Å². The summed E-state index contributed by atoms with van der Waals surface area (Å²) in [5.74, 6) is -0.142. The van der Waals surface area contributed by atoms with Crippen LogP contribution in [-0.2, 0) is 11.2 Å². The highest BCUT2D eigenvalue weighted by Crippen LogP contribution is 2.27. The van der Waals surface area contributed by atoms with Crippen LogP contribution < -0.4 is 0 Å². The second-order valence-corrected chi connectivity index (χ2v) is 5.41. The predicted molar refractivity (Wildman–Crippen MR) is 69.8 cm³/mol. The Morgan fingerprint density at radius 2 is 2.33 bits per heavy atom. The van der Waals surface area contributed by atoms with Gasteiger partial charge in [-0.2, -0.15) is 0 Å². The highest BCUT2D eigenvalue weighted by Gasteiger charge is 2.22. The number of fused-ring (bicyclic) bond motifs is 1. The van der Waals surface area contributed by atoms with E-state index in [1.165, 1.54) is 17.4 Å². The molecule has 0 N–H and O–H groups in total. The van der Waals surface area contributed by atoms with E-state index in [1.807, 2.05) is 0 Å². The highest BCUT2D eigenvalue weighted by molar-refractivity contribution is 7.18. The minimum absolute atomic E-state index is 0.0499. The van der Waals surface area contributed by atoms with Gasteiger partial charge in [-0.15, -0.1) is 11.3 Å². The zero-order valence-corrected chi connectivity index (χ0v) is 10.4. The molecule has 3 nitrogen and oxygen atoms in total. The van der Waals surface area contributed by atoms with Crippen molar-refractivity contribution in [3.63, 3.8) is 0 Å². The van der Waals surface area contributed by atoms with E-state index in [-0.39, 0.29) is 24.1 Å². The summed E-state index contributed by atoms with van der Waals surface area (Å²) in [6.07, 6.45) is 3.04. The van der Waals surface area contributed by atoms with Gasteiger partial charge in [0.25, 0.3) is 0 Å². The van der Waals surface area contributed by atoms with Crippen molar-refractivity contribution in [3.8, 4) is 0 Å². The third-order valence-corrected chi connectivity index (χ3v) is 4.16. The number of nitrogens with zero attached hydrogens (tertiary/aromatic N) is 2. The number of hydrogen-bond acceptors (Lipinski definition) is 4. The van der Waals surface area contributed by atoms with Crippen molar-refractivity contribution in [2.75, 3.05) is 6.54 Å². The molecule has 1 aromatic heterocycles. The first kappa shape index (κ1) is 11.5. The van der Waals surface area contributed by atoms with Gasteiger partial charge in [-0.25, -0.2) is 9.37 Å². The fourth-order valence-corrected chi connectivity index (χ4v) is 3.12. The molecule has 0 fully saturated rings. The largest absolute Gasteiger partial charge is 0.297 e. The first-order chi connectivity index (χ1) is 8.74. The van der Waals surface area contributed by atoms with Crippen LogP contribution in [0.2, 0.25) is 0 Å². The first-order valence-corrected chi connectivity index (χ1v) is 6.60. The molecule has 1 atom stereocenters. The third-order valence-electron chi connectivity index (χ3n) is 3.05. The van der Waals surface area contributed by atoms with Crippen LogP contribution in [0, 0.1) is 11.7 Å². The molecule has 0 bridgehead atoms. The van der Waals surface area contributed by atoms with Crippen LogP contribution in [0.4, 0.5) is 4.39 Å². The van der Waals surface area contributed by atoms with Gasteiger partial charge in [0, 0.05) is 12.3 Å². The van der Waals surface area contributed by atoms with E-state index in [0.29, 0.717) is 23.1 Å². The standard InChI is InChI=1S/C13H11FN2OS/c14-9-2-1-3-10-13(9)18-12(16-10)6-8-4-5-15-7-11(8)17/h1-3,5,8H,4,6-7H2. The number of halogens is 1. The second kappa shape index (κ2) is 4.57.